The Morgan fingerprint density at radius 2 is 1.93 bits per heavy atom. The van der Waals surface area contributed by atoms with Gasteiger partial charge in [0.1, 0.15) is 5.82 Å². The first kappa shape index (κ1) is 19.8. The van der Waals surface area contributed by atoms with Crippen LogP contribution in [0.5, 0.6) is 0 Å². The smallest absolute Gasteiger partial charge is 0.335 e. The molecule has 1 heterocycles. The first-order valence-electron chi connectivity index (χ1n) is 9.41. The van der Waals surface area contributed by atoms with E-state index in [-0.39, 0.29) is 16.9 Å². The van der Waals surface area contributed by atoms with E-state index < -0.39 is 5.97 Å². The topological polar surface area (TPSA) is 52.9 Å². The zero-order valence-corrected chi connectivity index (χ0v) is 16.7. The summed E-state index contributed by atoms with van der Waals surface area (Å²) in [5.41, 5.74) is 4.05. The minimum Gasteiger partial charge on any atom is -0.478 e. The highest BCUT2D eigenvalue weighted by Gasteiger charge is 2.31. The number of halogens is 1. The Labute approximate surface area is 165 Å². The van der Waals surface area contributed by atoms with Crippen LogP contribution in [-0.2, 0) is 0 Å². The average molecular weight is 380 g/mol. The molecule has 2 aromatic rings. The number of hydrogen-bond acceptors (Lipinski definition) is 3. The normalized spacial score (nSPS) is 15.5. The third kappa shape index (κ3) is 3.84. The Bertz CT molecular complexity index is 959. The van der Waals surface area contributed by atoms with Crippen LogP contribution >= 0.6 is 0 Å². The lowest BCUT2D eigenvalue weighted by Gasteiger charge is -2.43. The lowest BCUT2D eigenvalue weighted by molar-refractivity contribution is 0.0697. The van der Waals surface area contributed by atoms with Crippen molar-refractivity contribution in [3.63, 3.8) is 0 Å². The molecular formula is C23H25FN2O2. The molecule has 0 aromatic heterocycles. The van der Waals surface area contributed by atoms with Crippen molar-refractivity contribution in [2.45, 2.75) is 39.7 Å². The second-order valence-electron chi connectivity index (χ2n) is 7.63. The highest BCUT2D eigenvalue weighted by molar-refractivity contribution is 5.90. The molecule has 0 saturated heterocycles. The first-order valence-corrected chi connectivity index (χ1v) is 9.41. The minimum atomic E-state index is -0.988. The number of carboxylic acids is 1. The summed E-state index contributed by atoms with van der Waals surface area (Å²) in [6, 6.07) is 9.60. The molecule has 0 spiro atoms. The van der Waals surface area contributed by atoms with Gasteiger partial charge in [-0.05, 0) is 69.2 Å². The van der Waals surface area contributed by atoms with Gasteiger partial charge >= 0.3 is 5.97 Å². The average Bonchev–Trinajstić information content (AvgIpc) is 2.63. The van der Waals surface area contributed by atoms with Crippen LogP contribution in [0.15, 0.2) is 47.5 Å². The van der Waals surface area contributed by atoms with Gasteiger partial charge in [-0.15, -0.1) is 0 Å². The van der Waals surface area contributed by atoms with Crippen LogP contribution in [-0.4, -0.2) is 29.4 Å². The number of fused-ring (bicyclic) bond motifs is 1. The van der Waals surface area contributed by atoms with Gasteiger partial charge in [-0.1, -0.05) is 13.0 Å². The Balaban J connectivity index is 1.96. The summed E-state index contributed by atoms with van der Waals surface area (Å²) in [6.07, 6.45) is 4.68. The molecule has 5 heteroatoms. The van der Waals surface area contributed by atoms with Crippen molar-refractivity contribution >= 4 is 29.1 Å². The largest absolute Gasteiger partial charge is 0.478 e. The molecule has 0 amide bonds. The molecule has 0 saturated carbocycles. The molecule has 3 rings (SSSR count). The standard InChI is InChI=1S/C23H25FN2O2/c1-5-10-26-21-12-20(24)17(11-19(21)15(2)13-23(26,3)4)14-25-18-8-6-16(7-9-18)22(27)28/h6-9,11-14H,5,10H2,1-4H3,(H,27,28). The predicted octanol–water partition coefficient (Wildman–Crippen LogP) is 5.69. The molecule has 0 atom stereocenters. The molecule has 28 heavy (non-hydrogen) atoms. The highest BCUT2D eigenvalue weighted by Crippen LogP contribution is 2.40. The molecular weight excluding hydrogens is 355 g/mol. The fourth-order valence-corrected chi connectivity index (χ4v) is 3.68. The van der Waals surface area contributed by atoms with Gasteiger partial charge in [-0.2, -0.15) is 0 Å². The van der Waals surface area contributed by atoms with Gasteiger partial charge in [0.2, 0.25) is 0 Å². The number of carboxylic acid groups (broad SMARTS) is 1. The fraction of sp³-hybridized carbons (Fsp3) is 0.304. The maximum absolute atomic E-state index is 14.8. The second-order valence-corrected chi connectivity index (χ2v) is 7.63. The molecule has 4 nitrogen and oxygen atoms in total. The van der Waals surface area contributed by atoms with Crippen molar-refractivity contribution < 1.29 is 14.3 Å². The Hall–Kier alpha value is -2.95. The summed E-state index contributed by atoms with van der Waals surface area (Å²) in [5.74, 6) is -1.31. The predicted molar refractivity (Wildman–Crippen MR) is 112 cm³/mol. The van der Waals surface area contributed by atoms with E-state index in [0.717, 1.165) is 29.8 Å². The number of nitrogens with zero attached hydrogens (tertiary/aromatic N) is 2. The van der Waals surface area contributed by atoms with E-state index >= 15 is 0 Å². The van der Waals surface area contributed by atoms with Crippen molar-refractivity contribution in [2.75, 3.05) is 11.4 Å². The lowest BCUT2D eigenvalue weighted by atomic mass is 9.87. The summed E-state index contributed by atoms with van der Waals surface area (Å²) >= 11 is 0. The van der Waals surface area contributed by atoms with E-state index in [9.17, 15) is 9.18 Å². The molecule has 2 aromatic carbocycles. The molecule has 0 bridgehead atoms. The van der Waals surface area contributed by atoms with Crippen LogP contribution in [0.3, 0.4) is 0 Å². The van der Waals surface area contributed by atoms with E-state index in [1.165, 1.54) is 18.3 Å². The Morgan fingerprint density at radius 3 is 2.54 bits per heavy atom. The molecule has 1 aliphatic rings. The quantitative estimate of drug-likeness (QED) is 0.678. The monoisotopic (exact) mass is 380 g/mol. The maximum Gasteiger partial charge on any atom is 0.335 e. The minimum absolute atomic E-state index is 0.166. The summed E-state index contributed by atoms with van der Waals surface area (Å²) in [6.45, 7) is 9.31. The van der Waals surface area contributed by atoms with Crippen molar-refractivity contribution in [1.82, 2.24) is 0 Å². The zero-order valence-electron chi connectivity index (χ0n) is 16.7. The van der Waals surface area contributed by atoms with Gasteiger partial charge in [0, 0.05) is 29.6 Å². The lowest BCUT2D eigenvalue weighted by Crippen LogP contribution is -2.45. The van der Waals surface area contributed by atoms with Gasteiger partial charge in [-0.25, -0.2) is 9.18 Å². The Morgan fingerprint density at radius 1 is 1.25 bits per heavy atom. The van der Waals surface area contributed by atoms with E-state index in [4.69, 9.17) is 5.11 Å². The summed E-state index contributed by atoms with van der Waals surface area (Å²) in [7, 11) is 0. The summed E-state index contributed by atoms with van der Waals surface area (Å²) in [4.78, 5) is 17.5. The SMILES string of the molecule is CCCN1c2cc(F)c(C=Nc3ccc(C(=O)O)cc3)cc2C(C)=CC1(C)C. The molecule has 0 fully saturated rings. The molecule has 146 valence electrons. The Kier molecular flexibility index (Phi) is 5.36. The summed E-state index contributed by atoms with van der Waals surface area (Å²) in [5, 5.41) is 8.96. The van der Waals surface area contributed by atoms with Gasteiger partial charge in [0.15, 0.2) is 0 Å². The van der Waals surface area contributed by atoms with Gasteiger partial charge in [0.25, 0.3) is 0 Å². The van der Waals surface area contributed by atoms with E-state index in [1.807, 2.05) is 13.0 Å². The summed E-state index contributed by atoms with van der Waals surface area (Å²) < 4.78 is 14.8. The number of rotatable bonds is 5. The first-order chi connectivity index (χ1) is 13.2. The second kappa shape index (κ2) is 7.58. The van der Waals surface area contributed by atoms with Gasteiger partial charge in [0.05, 0.1) is 16.8 Å². The van der Waals surface area contributed by atoms with Crippen LogP contribution in [0.4, 0.5) is 15.8 Å². The van der Waals surface area contributed by atoms with E-state index in [1.54, 1.807) is 18.2 Å². The molecule has 1 N–H and O–H groups in total. The third-order valence-corrected chi connectivity index (χ3v) is 5.01. The zero-order chi connectivity index (χ0) is 20.5. The van der Waals surface area contributed by atoms with Crippen molar-refractivity contribution in [2.24, 2.45) is 4.99 Å². The number of aliphatic imine (C=N–C) groups is 1. The van der Waals surface area contributed by atoms with Crippen LogP contribution in [0.1, 0.15) is 55.6 Å². The van der Waals surface area contributed by atoms with Crippen LogP contribution < -0.4 is 4.90 Å². The maximum atomic E-state index is 14.8. The van der Waals surface area contributed by atoms with Gasteiger partial charge < -0.3 is 10.0 Å². The van der Waals surface area contributed by atoms with Crippen molar-refractivity contribution in [3.8, 4) is 0 Å². The van der Waals surface area contributed by atoms with Crippen molar-refractivity contribution in [1.29, 1.82) is 0 Å². The number of benzene rings is 2. The van der Waals surface area contributed by atoms with E-state index in [2.05, 4.69) is 36.7 Å². The van der Waals surface area contributed by atoms with Crippen LogP contribution in [0.2, 0.25) is 0 Å². The molecule has 0 unspecified atom stereocenters. The number of aromatic carboxylic acids is 1. The number of allylic oxidation sites excluding steroid dienone is 1. The van der Waals surface area contributed by atoms with Crippen molar-refractivity contribution in [3.05, 3.63) is 65.0 Å². The number of carbonyl (C=O) groups is 1. The molecule has 0 radical (unpaired) electrons. The van der Waals surface area contributed by atoms with Crippen LogP contribution in [0.25, 0.3) is 5.57 Å². The number of hydrogen-bond donors (Lipinski definition) is 1. The number of anilines is 1. The highest BCUT2D eigenvalue weighted by atomic mass is 19.1. The fourth-order valence-electron chi connectivity index (χ4n) is 3.68. The van der Waals surface area contributed by atoms with Gasteiger partial charge in [-0.3, -0.25) is 4.99 Å². The molecule has 1 aliphatic heterocycles. The molecule has 0 aliphatic carbocycles. The van der Waals surface area contributed by atoms with Crippen LogP contribution in [0, 0.1) is 5.82 Å². The van der Waals surface area contributed by atoms with E-state index in [0.29, 0.717) is 11.3 Å². The third-order valence-electron chi connectivity index (χ3n) is 5.01.